The Bertz CT molecular complexity index is 885. The molecule has 0 heterocycles. The summed E-state index contributed by atoms with van der Waals surface area (Å²) in [5, 5.41) is 3.51. The molecular weight excluding hydrogens is 400 g/mol. The molecule has 2 aromatic rings. The van der Waals surface area contributed by atoms with E-state index >= 15 is 0 Å². The van der Waals surface area contributed by atoms with E-state index in [1.165, 1.54) is 12.1 Å². The van der Waals surface area contributed by atoms with Crippen LogP contribution in [0.5, 0.6) is 5.75 Å². The molecule has 0 aliphatic carbocycles. The number of carbonyl (C=O) groups is 1. The first kappa shape index (κ1) is 22.2. The van der Waals surface area contributed by atoms with Crippen LogP contribution < -0.4 is 14.8 Å². The number of hydrogen-bond donors (Lipinski definition) is 2. The van der Waals surface area contributed by atoms with Crippen molar-refractivity contribution in [1.82, 2.24) is 10.0 Å². The fourth-order valence-electron chi connectivity index (χ4n) is 2.67. The molecule has 2 N–H and O–H groups in total. The Kier molecular flexibility index (Phi) is 8.29. The molecule has 0 spiro atoms. The molecule has 28 heavy (non-hydrogen) atoms. The molecule has 0 radical (unpaired) electrons. The molecular formula is C20H25ClN2O4S. The van der Waals surface area contributed by atoms with Gasteiger partial charge in [0, 0.05) is 18.0 Å². The molecule has 1 unspecified atom stereocenters. The second-order valence-corrected chi connectivity index (χ2v) is 8.34. The number of amides is 1. The van der Waals surface area contributed by atoms with Crippen molar-refractivity contribution in [3.8, 4) is 5.75 Å². The Morgan fingerprint density at radius 1 is 1.14 bits per heavy atom. The van der Waals surface area contributed by atoms with Crippen molar-refractivity contribution in [3.05, 3.63) is 59.1 Å². The number of rotatable bonds is 10. The van der Waals surface area contributed by atoms with Gasteiger partial charge in [-0.1, -0.05) is 30.7 Å². The summed E-state index contributed by atoms with van der Waals surface area (Å²) in [6.45, 7) is 4.33. The van der Waals surface area contributed by atoms with Crippen LogP contribution in [0.1, 0.15) is 38.3 Å². The number of benzene rings is 2. The van der Waals surface area contributed by atoms with Gasteiger partial charge in [-0.25, -0.2) is 13.1 Å². The molecule has 0 aliphatic heterocycles. The van der Waals surface area contributed by atoms with E-state index in [9.17, 15) is 13.2 Å². The lowest BCUT2D eigenvalue weighted by Gasteiger charge is -2.18. The van der Waals surface area contributed by atoms with Crippen LogP contribution >= 0.6 is 11.6 Å². The highest BCUT2D eigenvalue weighted by atomic mass is 35.5. The predicted octanol–water partition coefficient (Wildman–Crippen LogP) is 3.67. The Morgan fingerprint density at radius 3 is 2.46 bits per heavy atom. The van der Waals surface area contributed by atoms with Crippen molar-refractivity contribution in [3.63, 3.8) is 0 Å². The summed E-state index contributed by atoms with van der Waals surface area (Å²) in [6, 6.07) is 13.3. The standard InChI is InChI=1S/C20H25ClN2O4S/c1-3-19(15-6-5-7-16(21)14-15)23-20(24)12-13-22-28(25,26)18-10-8-17(9-11-18)27-4-2/h5-11,14,19,22H,3-4,12-13H2,1-2H3,(H,23,24). The van der Waals surface area contributed by atoms with Gasteiger partial charge in [0.15, 0.2) is 0 Å². The van der Waals surface area contributed by atoms with Gasteiger partial charge in [0.1, 0.15) is 5.75 Å². The van der Waals surface area contributed by atoms with E-state index in [1.54, 1.807) is 18.2 Å². The fraction of sp³-hybridized carbons (Fsp3) is 0.350. The lowest BCUT2D eigenvalue weighted by atomic mass is 10.0. The molecule has 0 saturated heterocycles. The zero-order valence-corrected chi connectivity index (χ0v) is 17.5. The van der Waals surface area contributed by atoms with Gasteiger partial charge in [-0.05, 0) is 55.3 Å². The van der Waals surface area contributed by atoms with Crippen LogP contribution in [0.2, 0.25) is 5.02 Å². The lowest BCUT2D eigenvalue weighted by molar-refractivity contribution is -0.121. The van der Waals surface area contributed by atoms with Crippen molar-refractivity contribution < 1.29 is 17.9 Å². The molecule has 0 aromatic heterocycles. The van der Waals surface area contributed by atoms with Crippen molar-refractivity contribution in [2.75, 3.05) is 13.2 Å². The van der Waals surface area contributed by atoms with Crippen molar-refractivity contribution in [1.29, 1.82) is 0 Å². The van der Waals surface area contributed by atoms with Gasteiger partial charge in [0.25, 0.3) is 0 Å². The fourth-order valence-corrected chi connectivity index (χ4v) is 3.91. The molecule has 1 amide bonds. The third-order valence-electron chi connectivity index (χ3n) is 4.08. The highest BCUT2D eigenvalue weighted by molar-refractivity contribution is 7.89. The average Bonchev–Trinajstić information content (AvgIpc) is 2.66. The maximum atomic E-state index is 12.3. The summed E-state index contributed by atoms with van der Waals surface area (Å²) in [4.78, 5) is 12.3. The third kappa shape index (κ3) is 6.51. The van der Waals surface area contributed by atoms with Crippen LogP contribution in [0.15, 0.2) is 53.4 Å². The van der Waals surface area contributed by atoms with Gasteiger partial charge in [-0.2, -0.15) is 0 Å². The normalized spacial score (nSPS) is 12.4. The summed E-state index contributed by atoms with van der Waals surface area (Å²) in [5.74, 6) is 0.369. The van der Waals surface area contributed by atoms with E-state index in [1.807, 2.05) is 32.0 Å². The second kappa shape index (κ2) is 10.5. The zero-order valence-electron chi connectivity index (χ0n) is 15.9. The van der Waals surface area contributed by atoms with Gasteiger partial charge in [-0.15, -0.1) is 0 Å². The van der Waals surface area contributed by atoms with Crippen LogP contribution in [-0.2, 0) is 14.8 Å². The first-order valence-corrected chi connectivity index (χ1v) is 11.0. The third-order valence-corrected chi connectivity index (χ3v) is 5.80. The van der Waals surface area contributed by atoms with Crippen LogP contribution in [0, 0.1) is 0 Å². The van der Waals surface area contributed by atoms with E-state index < -0.39 is 10.0 Å². The summed E-state index contributed by atoms with van der Waals surface area (Å²) in [6.07, 6.45) is 0.733. The molecule has 8 heteroatoms. The number of ether oxygens (including phenoxy) is 1. The van der Waals surface area contributed by atoms with E-state index in [-0.39, 0.29) is 29.8 Å². The van der Waals surface area contributed by atoms with Crippen LogP contribution in [0.3, 0.4) is 0 Å². The lowest BCUT2D eigenvalue weighted by Crippen LogP contribution is -2.32. The second-order valence-electron chi connectivity index (χ2n) is 6.14. The molecule has 152 valence electrons. The Labute approximate surface area is 171 Å². The Morgan fingerprint density at radius 2 is 1.86 bits per heavy atom. The Hall–Kier alpha value is -2.09. The molecule has 0 bridgehead atoms. The first-order valence-electron chi connectivity index (χ1n) is 9.13. The topological polar surface area (TPSA) is 84.5 Å². The SMILES string of the molecule is CCOc1ccc(S(=O)(=O)NCCC(=O)NC(CC)c2cccc(Cl)c2)cc1. The van der Waals surface area contributed by atoms with Crippen molar-refractivity contribution in [2.45, 2.75) is 37.6 Å². The number of halogens is 1. The number of sulfonamides is 1. The molecule has 2 aromatic carbocycles. The van der Waals surface area contributed by atoms with Gasteiger partial charge in [-0.3, -0.25) is 4.79 Å². The van der Waals surface area contributed by atoms with Gasteiger partial charge >= 0.3 is 0 Å². The zero-order chi connectivity index (χ0) is 20.6. The number of carbonyl (C=O) groups excluding carboxylic acids is 1. The minimum absolute atomic E-state index is 0.00730. The van der Waals surface area contributed by atoms with Crippen LogP contribution in [0.25, 0.3) is 0 Å². The highest BCUT2D eigenvalue weighted by Crippen LogP contribution is 2.20. The maximum Gasteiger partial charge on any atom is 0.240 e. The molecule has 2 rings (SSSR count). The quantitative estimate of drug-likeness (QED) is 0.609. The van der Waals surface area contributed by atoms with Crippen LogP contribution in [0.4, 0.5) is 0 Å². The summed E-state index contributed by atoms with van der Waals surface area (Å²) in [5.41, 5.74) is 0.915. The minimum atomic E-state index is -3.68. The van der Waals surface area contributed by atoms with Crippen molar-refractivity contribution >= 4 is 27.5 Å². The highest BCUT2D eigenvalue weighted by Gasteiger charge is 2.16. The van der Waals surface area contributed by atoms with Gasteiger partial charge in [0.05, 0.1) is 17.5 Å². The van der Waals surface area contributed by atoms with Gasteiger partial charge < -0.3 is 10.1 Å². The molecule has 0 saturated carbocycles. The first-order chi connectivity index (χ1) is 13.4. The Balaban J connectivity index is 1.88. The predicted molar refractivity (Wildman–Crippen MR) is 110 cm³/mol. The molecule has 1 atom stereocenters. The number of hydrogen-bond acceptors (Lipinski definition) is 4. The summed E-state index contributed by atoms with van der Waals surface area (Å²) < 4.78 is 32.4. The van der Waals surface area contributed by atoms with E-state index in [2.05, 4.69) is 10.0 Å². The van der Waals surface area contributed by atoms with E-state index in [0.717, 1.165) is 5.56 Å². The summed E-state index contributed by atoms with van der Waals surface area (Å²) in [7, 11) is -3.68. The molecule has 0 aliphatic rings. The minimum Gasteiger partial charge on any atom is -0.494 e. The number of nitrogens with one attached hydrogen (secondary N) is 2. The van der Waals surface area contributed by atoms with Crippen molar-refractivity contribution in [2.24, 2.45) is 0 Å². The molecule has 6 nitrogen and oxygen atoms in total. The monoisotopic (exact) mass is 424 g/mol. The van der Waals surface area contributed by atoms with Crippen LogP contribution in [-0.4, -0.2) is 27.5 Å². The largest absolute Gasteiger partial charge is 0.494 e. The maximum absolute atomic E-state index is 12.3. The average molecular weight is 425 g/mol. The van der Waals surface area contributed by atoms with E-state index in [0.29, 0.717) is 23.8 Å². The van der Waals surface area contributed by atoms with E-state index in [4.69, 9.17) is 16.3 Å². The smallest absolute Gasteiger partial charge is 0.240 e. The molecule has 0 fully saturated rings. The summed E-state index contributed by atoms with van der Waals surface area (Å²) >= 11 is 6.00. The van der Waals surface area contributed by atoms with Gasteiger partial charge in [0.2, 0.25) is 15.9 Å².